The van der Waals surface area contributed by atoms with Gasteiger partial charge < -0.3 is 9.47 Å². The van der Waals surface area contributed by atoms with Crippen LogP contribution in [0.5, 0.6) is 5.75 Å². The Hall–Kier alpha value is -2.33. The Labute approximate surface area is 200 Å². The van der Waals surface area contributed by atoms with E-state index in [1.54, 1.807) is 18.2 Å². The molecule has 0 atom stereocenters. The van der Waals surface area contributed by atoms with Gasteiger partial charge in [-0.3, -0.25) is 10.1 Å². The smallest absolute Gasteiger partial charge is 0.331 e. The predicted octanol–water partition coefficient (Wildman–Crippen LogP) is 4.94. The molecule has 160 valence electrons. The minimum absolute atomic E-state index is 0.175. The topological polar surface area (TPSA) is 89.3 Å². The third-order valence-corrected chi connectivity index (χ3v) is 5.93. The molecule has 3 rings (SSSR count). The number of halogens is 3. The van der Waals surface area contributed by atoms with Crippen LogP contribution in [0.4, 0.5) is 0 Å². The van der Waals surface area contributed by atoms with Crippen LogP contribution in [-0.2, 0) is 20.9 Å². The summed E-state index contributed by atoms with van der Waals surface area (Å²) in [4.78, 5) is 23.3. The lowest BCUT2D eigenvalue weighted by molar-refractivity contribution is -0.135. The van der Waals surface area contributed by atoms with Crippen molar-refractivity contribution in [3.05, 3.63) is 73.0 Å². The Morgan fingerprint density at radius 1 is 1.23 bits per heavy atom. The number of methoxy groups -OCH3 is 1. The molecule has 11 heteroatoms. The van der Waals surface area contributed by atoms with Gasteiger partial charge in [0.25, 0.3) is 5.91 Å². The van der Waals surface area contributed by atoms with Crippen LogP contribution in [0.25, 0.3) is 0 Å². The van der Waals surface area contributed by atoms with Crippen LogP contribution in [0.1, 0.15) is 11.1 Å². The van der Waals surface area contributed by atoms with E-state index in [1.807, 2.05) is 18.2 Å². The first-order chi connectivity index (χ1) is 14.9. The number of thioether (sulfide) groups is 1. The average molecular weight is 543 g/mol. The maximum absolute atomic E-state index is 11.8. The van der Waals surface area contributed by atoms with Crippen LogP contribution in [0, 0.1) is 0 Å². The van der Waals surface area contributed by atoms with E-state index in [0.717, 1.165) is 27.9 Å². The van der Waals surface area contributed by atoms with Crippen molar-refractivity contribution < 1.29 is 19.1 Å². The fourth-order valence-corrected chi connectivity index (χ4v) is 3.77. The molecule has 31 heavy (non-hydrogen) atoms. The third kappa shape index (κ3) is 6.57. The number of nitrogens with zero attached hydrogens (tertiary/aromatic N) is 2. The summed E-state index contributed by atoms with van der Waals surface area (Å²) in [6.45, 7) is 0.279. The molecule has 1 N–H and O–H groups in total. The van der Waals surface area contributed by atoms with Gasteiger partial charge in [0.2, 0.25) is 0 Å². The molecule has 0 aromatic heterocycles. The molecule has 0 saturated carbocycles. The SMILES string of the molecule is COC(=O)/C=C1/S/C(=N\N=Cc2cc(Br)ccc2OCc2ccc(Cl)c(Cl)c2)NC1=O. The highest BCUT2D eigenvalue weighted by atomic mass is 79.9. The molecule has 0 radical (unpaired) electrons. The maximum Gasteiger partial charge on any atom is 0.331 e. The Morgan fingerprint density at radius 2 is 2.03 bits per heavy atom. The van der Waals surface area contributed by atoms with Gasteiger partial charge in [-0.05, 0) is 47.7 Å². The standard InChI is InChI=1S/C20H14BrCl2N3O4S/c1-29-18(27)8-17-19(28)25-20(31-17)26-24-9-12-7-13(21)3-5-16(12)30-10-11-2-4-14(22)15(23)6-11/h2-9H,10H2,1H3,(H,25,26,28)/b17-8+,24-9?. The zero-order valence-corrected chi connectivity index (χ0v) is 19.8. The van der Waals surface area contributed by atoms with Crippen LogP contribution in [0.2, 0.25) is 10.0 Å². The number of hydrogen-bond acceptors (Lipinski definition) is 7. The molecule has 1 saturated heterocycles. The van der Waals surface area contributed by atoms with Crippen LogP contribution >= 0.6 is 50.9 Å². The van der Waals surface area contributed by atoms with E-state index in [2.05, 4.69) is 36.2 Å². The molecule has 2 aromatic carbocycles. The van der Waals surface area contributed by atoms with Gasteiger partial charge in [-0.25, -0.2) is 4.79 Å². The van der Waals surface area contributed by atoms with Crippen molar-refractivity contribution >= 4 is 74.2 Å². The van der Waals surface area contributed by atoms with Gasteiger partial charge >= 0.3 is 5.97 Å². The summed E-state index contributed by atoms with van der Waals surface area (Å²) in [5.74, 6) is -0.495. The first-order valence-corrected chi connectivity index (χ1v) is 11.0. The van der Waals surface area contributed by atoms with Crippen LogP contribution in [0.3, 0.4) is 0 Å². The summed E-state index contributed by atoms with van der Waals surface area (Å²) in [5.41, 5.74) is 1.52. The van der Waals surface area contributed by atoms with Crippen molar-refractivity contribution in [3.63, 3.8) is 0 Å². The lowest BCUT2D eigenvalue weighted by Gasteiger charge is -2.10. The fraction of sp³-hybridized carbons (Fsp3) is 0.100. The predicted molar refractivity (Wildman–Crippen MR) is 126 cm³/mol. The second-order valence-corrected chi connectivity index (χ2v) is 8.72. The number of amidine groups is 1. The molecule has 0 bridgehead atoms. The average Bonchev–Trinajstić information content (AvgIpc) is 3.08. The van der Waals surface area contributed by atoms with Gasteiger partial charge in [-0.2, -0.15) is 5.10 Å². The summed E-state index contributed by atoms with van der Waals surface area (Å²) >= 11 is 16.4. The van der Waals surface area contributed by atoms with Gasteiger partial charge in [0.1, 0.15) is 12.4 Å². The Bertz CT molecular complexity index is 1120. The van der Waals surface area contributed by atoms with Crippen LogP contribution in [-0.4, -0.2) is 30.4 Å². The minimum Gasteiger partial charge on any atom is -0.488 e. The number of benzene rings is 2. The van der Waals surface area contributed by atoms with E-state index in [1.165, 1.54) is 13.3 Å². The van der Waals surface area contributed by atoms with E-state index in [-0.39, 0.29) is 16.7 Å². The van der Waals surface area contributed by atoms with E-state index >= 15 is 0 Å². The molecule has 2 aromatic rings. The van der Waals surface area contributed by atoms with Crippen molar-refractivity contribution in [1.29, 1.82) is 0 Å². The third-order valence-electron chi connectivity index (χ3n) is 3.80. The lowest BCUT2D eigenvalue weighted by Crippen LogP contribution is -2.19. The van der Waals surface area contributed by atoms with Gasteiger partial charge in [-0.15, -0.1) is 5.10 Å². The van der Waals surface area contributed by atoms with E-state index in [9.17, 15) is 9.59 Å². The van der Waals surface area contributed by atoms with Gasteiger partial charge in [0, 0.05) is 16.1 Å². The largest absolute Gasteiger partial charge is 0.488 e. The quantitative estimate of drug-likeness (QED) is 0.241. The summed E-state index contributed by atoms with van der Waals surface area (Å²) < 4.78 is 11.2. The van der Waals surface area contributed by atoms with E-state index < -0.39 is 11.9 Å². The molecular formula is C20H14BrCl2N3O4S. The number of carbonyl (C=O) groups excluding carboxylic acids is 2. The molecule has 1 aliphatic rings. The van der Waals surface area contributed by atoms with Crippen molar-refractivity contribution in [1.82, 2.24) is 5.32 Å². The normalized spacial score (nSPS) is 16.2. The molecule has 0 aliphatic carbocycles. The summed E-state index contributed by atoms with van der Waals surface area (Å²) in [5, 5.41) is 11.7. The van der Waals surface area contributed by atoms with Crippen LogP contribution < -0.4 is 10.1 Å². The van der Waals surface area contributed by atoms with Crippen molar-refractivity contribution in [3.8, 4) is 5.75 Å². The molecule has 7 nitrogen and oxygen atoms in total. The highest BCUT2D eigenvalue weighted by molar-refractivity contribution is 9.10. The zero-order valence-electron chi connectivity index (χ0n) is 15.9. The highest BCUT2D eigenvalue weighted by Crippen LogP contribution is 2.26. The van der Waals surface area contributed by atoms with Gasteiger partial charge in [0.05, 0.1) is 28.3 Å². The Balaban J connectivity index is 1.72. The molecule has 1 amide bonds. The van der Waals surface area contributed by atoms with Crippen LogP contribution in [0.15, 0.2) is 62.1 Å². The number of amides is 1. The van der Waals surface area contributed by atoms with Crippen molar-refractivity contribution in [2.24, 2.45) is 10.2 Å². The molecule has 1 fully saturated rings. The first-order valence-electron chi connectivity index (χ1n) is 8.62. The number of rotatable bonds is 6. The van der Waals surface area contributed by atoms with E-state index in [4.69, 9.17) is 27.9 Å². The van der Waals surface area contributed by atoms with Gasteiger partial charge in [0.15, 0.2) is 5.17 Å². The number of nitrogens with one attached hydrogen (secondary N) is 1. The van der Waals surface area contributed by atoms with Gasteiger partial charge in [-0.1, -0.05) is 45.2 Å². The van der Waals surface area contributed by atoms with Crippen molar-refractivity contribution in [2.75, 3.05) is 7.11 Å². The first kappa shape index (κ1) is 23.3. The Morgan fingerprint density at radius 3 is 2.77 bits per heavy atom. The monoisotopic (exact) mass is 541 g/mol. The molecule has 0 spiro atoms. The molecular weight excluding hydrogens is 529 g/mol. The Kier molecular flexibility index (Phi) is 8.14. The molecule has 0 unspecified atom stereocenters. The molecule has 1 aliphatic heterocycles. The lowest BCUT2D eigenvalue weighted by atomic mass is 10.2. The minimum atomic E-state index is -0.625. The summed E-state index contributed by atoms with van der Waals surface area (Å²) in [6, 6.07) is 10.7. The summed E-state index contributed by atoms with van der Waals surface area (Å²) in [7, 11) is 1.23. The highest BCUT2D eigenvalue weighted by Gasteiger charge is 2.25. The number of ether oxygens (including phenoxy) is 2. The second-order valence-electron chi connectivity index (χ2n) is 5.96. The fourth-order valence-electron chi connectivity index (χ4n) is 2.33. The second kappa shape index (κ2) is 10.8. The van der Waals surface area contributed by atoms with Crippen molar-refractivity contribution in [2.45, 2.75) is 6.61 Å². The zero-order chi connectivity index (χ0) is 22.4. The summed E-state index contributed by atoms with van der Waals surface area (Å²) in [6.07, 6.45) is 2.59. The maximum atomic E-state index is 11.8. The number of esters is 1. The number of hydrogen-bond donors (Lipinski definition) is 1. The number of carbonyl (C=O) groups is 2. The molecule has 1 heterocycles. The van der Waals surface area contributed by atoms with E-state index in [0.29, 0.717) is 21.4 Å².